The fourth-order valence-corrected chi connectivity index (χ4v) is 1.72. The molecule has 1 heterocycles. The maximum atomic E-state index is 8.73. The summed E-state index contributed by atoms with van der Waals surface area (Å²) in [5, 5.41) is 8.90. The molecule has 1 aromatic rings. The molecule has 1 aromatic heterocycles. The largest absolute Gasteiger partial charge is 0.347 e. The van der Waals surface area contributed by atoms with E-state index in [9.17, 15) is 0 Å². The van der Waals surface area contributed by atoms with Crippen molar-refractivity contribution < 1.29 is 0 Å². The van der Waals surface area contributed by atoms with Crippen molar-refractivity contribution in [3.05, 3.63) is 5.28 Å². The van der Waals surface area contributed by atoms with Gasteiger partial charge in [-0.2, -0.15) is 20.2 Å². The summed E-state index contributed by atoms with van der Waals surface area (Å²) >= 11 is 5.93. The van der Waals surface area contributed by atoms with Crippen molar-refractivity contribution in [1.29, 1.82) is 5.26 Å². The van der Waals surface area contributed by atoms with Crippen LogP contribution in [0.5, 0.6) is 0 Å². The second-order valence-electron chi connectivity index (χ2n) is 4.85. The summed E-state index contributed by atoms with van der Waals surface area (Å²) in [4.78, 5) is 16.3. The van der Waals surface area contributed by atoms with Crippen LogP contribution in [0.1, 0.15) is 20.3 Å². The van der Waals surface area contributed by atoms with Crippen LogP contribution in [0.3, 0.4) is 0 Å². The number of anilines is 2. The predicted molar refractivity (Wildman–Crippen MR) is 76.4 cm³/mol. The van der Waals surface area contributed by atoms with E-state index in [1.807, 2.05) is 19.0 Å². The highest BCUT2D eigenvalue weighted by Crippen LogP contribution is 2.16. The Morgan fingerprint density at radius 1 is 1.21 bits per heavy atom. The zero-order chi connectivity index (χ0) is 14.4. The molecular formula is C12H19ClN6. The molecule has 0 bridgehead atoms. The number of rotatable bonds is 6. The van der Waals surface area contributed by atoms with Gasteiger partial charge in [0, 0.05) is 27.2 Å². The number of nitriles is 1. The van der Waals surface area contributed by atoms with Crippen LogP contribution in [0.15, 0.2) is 0 Å². The van der Waals surface area contributed by atoms with Crippen molar-refractivity contribution in [3.63, 3.8) is 0 Å². The first-order valence-electron chi connectivity index (χ1n) is 6.14. The van der Waals surface area contributed by atoms with Gasteiger partial charge in [-0.05, 0) is 17.5 Å². The molecule has 6 nitrogen and oxygen atoms in total. The van der Waals surface area contributed by atoms with Gasteiger partial charge in [-0.3, -0.25) is 0 Å². The maximum Gasteiger partial charge on any atom is 0.231 e. The highest BCUT2D eigenvalue weighted by Gasteiger charge is 2.14. The third kappa shape index (κ3) is 4.87. The Kier molecular flexibility index (Phi) is 5.77. The van der Waals surface area contributed by atoms with Crippen molar-refractivity contribution in [1.82, 2.24) is 15.0 Å². The van der Waals surface area contributed by atoms with Gasteiger partial charge in [0.25, 0.3) is 0 Å². The molecular weight excluding hydrogens is 264 g/mol. The summed E-state index contributed by atoms with van der Waals surface area (Å²) in [5.41, 5.74) is 0. The summed E-state index contributed by atoms with van der Waals surface area (Å²) in [7, 11) is 3.69. The second-order valence-corrected chi connectivity index (χ2v) is 5.18. The van der Waals surface area contributed by atoms with Crippen LogP contribution in [-0.4, -0.2) is 42.1 Å². The highest BCUT2D eigenvalue weighted by molar-refractivity contribution is 6.28. The zero-order valence-electron chi connectivity index (χ0n) is 11.8. The summed E-state index contributed by atoms with van der Waals surface area (Å²) in [6.07, 6.45) is 0.424. The van der Waals surface area contributed by atoms with Crippen LogP contribution in [0, 0.1) is 17.2 Å². The molecule has 0 aliphatic rings. The molecule has 0 aliphatic heterocycles. The van der Waals surface area contributed by atoms with Gasteiger partial charge >= 0.3 is 0 Å². The third-order valence-corrected chi connectivity index (χ3v) is 2.52. The minimum Gasteiger partial charge on any atom is -0.347 e. The average Bonchev–Trinajstić information content (AvgIpc) is 2.33. The molecule has 0 atom stereocenters. The molecule has 1 rings (SSSR count). The molecule has 0 spiro atoms. The smallest absolute Gasteiger partial charge is 0.231 e. The summed E-state index contributed by atoms with van der Waals surface area (Å²) in [6.45, 7) is 5.57. The van der Waals surface area contributed by atoms with E-state index in [-0.39, 0.29) is 5.28 Å². The van der Waals surface area contributed by atoms with E-state index in [1.165, 1.54) is 0 Å². The fraction of sp³-hybridized carbons (Fsp3) is 0.667. The van der Waals surface area contributed by atoms with Gasteiger partial charge in [-0.1, -0.05) is 13.8 Å². The molecule has 0 saturated carbocycles. The van der Waals surface area contributed by atoms with E-state index in [0.717, 1.165) is 6.54 Å². The normalized spacial score (nSPS) is 10.4. The first-order valence-corrected chi connectivity index (χ1v) is 6.52. The first kappa shape index (κ1) is 15.4. The Morgan fingerprint density at radius 2 is 1.84 bits per heavy atom. The maximum absolute atomic E-state index is 8.73. The van der Waals surface area contributed by atoms with Crippen LogP contribution in [0.25, 0.3) is 0 Å². The van der Waals surface area contributed by atoms with Crippen molar-refractivity contribution in [2.24, 2.45) is 5.92 Å². The van der Waals surface area contributed by atoms with E-state index in [1.54, 1.807) is 4.90 Å². The second kappa shape index (κ2) is 7.10. The first-order chi connectivity index (χ1) is 8.93. The minimum absolute atomic E-state index is 0.166. The lowest BCUT2D eigenvalue weighted by atomic mass is 10.2. The van der Waals surface area contributed by atoms with Gasteiger partial charge in [0.1, 0.15) is 0 Å². The van der Waals surface area contributed by atoms with E-state index in [2.05, 4.69) is 34.9 Å². The van der Waals surface area contributed by atoms with Crippen LogP contribution >= 0.6 is 11.6 Å². The number of hydrogen-bond acceptors (Lipinski definition) is 6. The lowest BCUT2D eigenvalue weighted by Crippen LogP contribution is -2.31. The molecule has 0 unspecified atom stereocenters. The van der Waals surface area contributed by atoms with Gasteiger partial charge < -0.3 is 9.80 Å². The van der Waals surface area contributed by atoms with Gasteiger partial charge in [0.2, 0.25) is 17.2 Å². The molecule has 0 saturated heterocycles. The topological polar surface area (TPSA) is 68.9 Å². The van der Waals surface area contributed by atoms with Gasteiger partial charge in [0.05, 0.1) is 12.5 Å². The fourth-order valence-electron chi connectivity index (χ4n) is 1.57. The summed E-state index contributed by atoms with van der Waals surface area (Å²) in [6, 6.07) is 2.14. The molecule has 104 valence electrons. The lowest BCUT2D eigenvalue weighted by Gasteiger charge is -2.24. The Balaban J connectivity index is 3.03. The Bertz CT molecular complexity index is 454. The number of halogens is 1. The van der Waals surface area contributed by atoms with Gasteiger partial charge in [-0.25, -0.2) is 0 Å². The molecule has 0 aromatic carbocycles. The van der Waals surface area contributed by atoms with Crippen LogP contribution in [-0.2, 0) is 0 Å². The molecule has 0 radical (unpaired) electrons. The van der Waals surface area contributed by atoms with Crippen molar-refractivity contribution in [2.45, 2.75) is 20.3 Å². The Hall–Kier alpha value is -1.61. The Morgan fingerprint density at radius 3 is 2.37 bits per heavy atom. The van der Waals surface area contributed by atoms with E-state index in [4.69, 9.17) is 16.9 Å². The van der Waals surface area contributed by atoms with Crippen LogP contribution in [0.4, 0.5) is 11.9 Å². The third-order valence-electron chi connectivity index (χ3n) is 2.35. The SMILES string of the molecule is CC(C)CN(CCC#N)c1nc(Cl)nc(N(C)C)n1. The highest BCUT2D eigenvalue weighted by atomic mass is 35.5. The average molecular weight is 283 g/mol. The number of aromatic nitrogens is 3. The Labute approximate surface area is 119 Å². The predicted octanol–water partition coefficient (Wildman–Crippen LogP) is 1.97. The van der Waals surface area contributed by atoms with E-state index in [0.29, 0.717) is 30.8 Å². The van der Waals surface area contributed by atoms with Crippen molar-refractivity contribution in [3.8, 4) is 6.07 Å². The quantitative estimate of drug-likeness (QED) is 0.794. The molecule has 0 N–H and O–H groups in total. The van der Waals surface area contributed by atoms with Crippen LogP contribution < -0.4 is 9.80 Å². The summed E-state index contributed by atoms with van der Waals surface area (Å²) in [5.74, 6) is 1.48. The lowest BCUT2D eigenvalue weighted by molar-refractivity contribution is 0.601. The molecule has 7 heteroatoms. The standard InChI is InChI=1S/C12H19ClN6/c1-9(2)8-19(7-5-6-14)12-16-10(13)15-11(17-12)18(3)4/h9H,5,7-8H2,1-4H3. The molecule has 19 heavy (non-hydrogen) atoms. The number of hydrogen-bond donors (Lipinski definition) is 0. The van der Waals surface area contributed by atoms with E-state index >= 15 is 0 Å². The van der Waals surface area contributed by atoms with Gasteiger partial charge in [-0.15, -0.1) is 0 Å². The summed E-state index contributed by atoms with van der Waals surface area (Å²) < 4.78 is 0. The van der Waals surface area contributed by atoms with Crippen molar-refractivity contribution >= 4 is 23.5 Å². The monoisotopic (exact) mass is 282 g/mol. The van der Waals surface area contributed by atoms with Crippen LogP contribution in [0.2, 0.25) is 5.28 Å². The molecule has 0 fully saturated rings. The molecule has 0 aliphatic carbocycles. The number of nitrogens with zero attached hydrogens (tertiary/aromatic N) is 6. The van der Waals surface area contributed by atoms with Crippen molar-refractivity contribution in [2.75, 3.05) is 37.0 Å². The molecule has 0 amide bonds. The minimum atomic E-state index is 0.166. The van der Waals surface area contributed by atoms with E-state index < -0.39 is 0 Å². The van der Waals surface area contributed by atoms with Gasteiger partial charge in [0.15, 0.2) is 0 Å². The zero-order valence-corrected chi connectivity index (χ0v) is 12.5.